The minimum atomic E-state index is -4.37. The molecule has 0 saturated carbocycles. The van der Waals surface area contributed by atoms with E-state index >= 15 is 0 Å². The van der Waals surface area contributed by atoms with E-state index in [0.29, 0.717) is 0 Å². The van der Waals surface area contributed by atoms with Gasteiger partial charge in [0.2, 0.25) is 0 Å². The fraction of sp³-hybridized carbons (Fsp3) is 1.00. The van der Waals surface area contributed by atoms with Gasteiger partial charge in [-0.05, 0) is 6.42 Å². The number of hydrogen-bond donors (Lipinski definition) is 0. The Hall–Kier alpha value is -0.600. The van der Waals surface area contributed by atoms with Crippen molar-refractivity contribution >= 4 is 0 Å². The maximum absolute atomic E-state index is 12.3. The van der Waals surface area contributed by atoms with Crippen LogP contribution in [0.1, 0.15) is 12.8 Å². The number of alkyl halides is 8. The van der Waals surface area contributed by atoms with Gasteiger partial charge in [-0.1, -0.05) is 0 Å². The first-order valence-corrected chi connectivity index (χ1v) is 4.49. The summed E-state index contributed by atoms with van der Waals surface area (Å²) in [6, 6.07) is 0. The molecule has 0 unspecified atom stereocenters. The van der Waals surface area contributed by atoms with E-state index in [2.05, 4.69) is 4.74 Å². The van der Waals surface area contributed by atoms with Crippen LogP contribution in [0.25, 0.3) is 0 Å². The Balaban J connectivity index is 3.74. The van der Waals surface area contributed by atoms with Crippen LogP contribution in [0.15, 0.2) is 0 Å². The molecule has 17 heavy (non-hydrogen) atoms. The van der Waals surface area contributed by atoms with Crippen molar-refractivity contribution in [1.29, 1.82) is 0 Å². The fourth-order valence-electron chi connectivity index (χ4n) is 0.790. The Morgan fingerprint density at radius 1 is 0.824 bits per heavy atom. The van der Waals surface area contributed by atoms with E-state index in [1.54, 1.807) is 0 Å². The topological polar surface area (TPSA) is 9.23 Å². The van der Waals surface area contributed by atoms with E-state index in [0.717, 1.165) is 0 Å². The Bertz CT molecular complexity index is 196. The molecule has 0 aromatic carbocycles. The van der Waals surface area contributed by atoms with Crippen LogP contribution in [-0.2, 0) is 4.74 Å². The largest absolute Gasteiger partial charge is 0.375 e. The minimum absolute atomic E-state index is 0.628. The van der Waals surface area contributed by atoms with E-state index in [1.807, 2.05) is 0 Å². The molecular weight excluding hydrogens is 264 g/mol. The summed E-state index contributed by atoms with van der Waals surface area (Å²) in [6.07, 6.45) is -9.67. The highest BCUT2D eigenvalue weighted by atomic mass is 19.3. The van der Waals surface area contributed by atoms with Gasteiger partial charge < -0.3 is 4.74 Å². The summed E-state index contributed by atoms with van der Waals surface area (Å²) in [7, 11) is 0. The van der Waals surface area contributed by atoms with E-state index in [-0.39, 0.29) is 0 Å². The van der Waals surface area contributed by atoms with Crippen molar-refractivity contribution in [2.75, 3.05) is 13.2 Å². The van der Waals surface area contributed by atoms with Crippen LogP contribution in [-0.4, -0.2) is 37.9 Å². The van der Waals surface area contributed by atoms with Gasteiger partial charge in [0, 0.05) is 13.0 Å². The lowest BCUT2D eigenvalue weighted by atomic mass is 10.2. The van der Waals surface area contributed by atoms with Crippen molar-refractivity contribution in [1.82, 2.24) is 0 Å². The van der Waals surface area contributed by atoms with Gasteiger partial charge in [0.15, 0.2) is 0 Å². The zero-order valence-corrected chi connectivity index (χ0v) is 8.42. The van der Waals surface area contributed by atoms with Gasteiger partial charge in [-0.25, -0.2) is 26.3 Å². The molecule has 0 amide bonds. The molecule has 0 N–H and O–H groups in total. The van der Waals surface area contributed by atoms with Crippen LogP contribution in [0.4, 0.5) is 35.1 Å². The first-order chi connectivity index (χ1) is 7.59. The summed E-state index contributed by atoms with van der Waals surface area (Å²) in [4.78, 5) is 0. The maximum atomic E-state index is 12.3. The second kappa shape index (κ2) is 6.36. The zero-order valence-electron chi connectivity index (χ0n) is 8.42. The molecule has 0 bridgehead atoms. The third-order valence-corrected chi connectivity index (χ3v) is 1.73. The molecule has 0 radical (unpaired) electrons. The Labute approximate surface area is 91.7 Å². The van der Waals surface area contributed by atoms with Crippen LogP contribution in [0.3, 0.4) is 0 Å². The van der Waals surface area contributed by atoms with E-state index in [9.17, 15) is 35.1 Å². The molecule has 0 atom stereocenters. The van der Waals surface area contributed by atoms with Crippen LogP contribution in [0.5, 0.6) is 0 Å². The van der Waals surface area contributed by atoms with Gasteiger partial charge in [-0.3, -0.25) is 0 Å². The van der Waals surface area contributed by atoms with Gasteiger partial charge >= 0.3 is 24.7 Å². The molecule has 0 fully saturated rings. The van der Waals surface area contributed by atoms with E-state index in [1.165, 1.54) is 0 Å². The van der Waals surface area contributed by atoms with Crippen LogP contribution in [0.2, 0.25) is 0 Å². The molecular formula is C8H10F8O. The highest BCUT2D eigenvalue weighted by molar-refractivity contribution is 4.70. The predicted molar refractivity (Wildman–Crippen MR) is 42.0 cm³/mol. The average Bonchev–Trinajstić information content (AvgIpc) is 2.16. The standard InChI is InChI=1S/C8H10F8O/c9-5(10)7(13,14)2-1-3-17-4-8(15,16)6(11)12/h5-6H,1-4H2. The quantitative estimate of drug-likeness (QED) is 0.485. The first-order valence-electron chi connectivity index (χ1n) is 4.49. The number of hydrogen-bond acceptors (Lipinski definition) is 1. The SMILES string of the molecule is FC(F)C(F)(F)CCCOCC(F)(F)C(F)F. The first kappa shape index (κ1) is 16.4. The Morgan fingerprint density at radius 2 is 1.29 bits per heavy atom. The monoisotopic (exact) mass is 274 g/mol. The van der Waals surface area contributed by atoms with Gasteiger partial charge in [-0.2, -0.15) is 8.78 Å². The van der Waals surface area contributed by atoms with Crippen LogP contribution >= 0.6 is 0 Å². The van der Waals surface area contributed by atoms with Gasteiger partial charge in [0.25, 0.3) is 0 Å². The van der Waals surface area contributed by atoms with Crippen molar-refractivity contribution in [3.63, 3.8) is 0 Å². The molecule has 1 nitrogen and oxygen atoms in total. The zero-order chi connectivity index (χ0) is 13.7. The average molecular weight is 274 g/mol. The highest BCUT2D eigenvalue weighted by Crippen LogP contribution is 2.28. The van der Waals surface area contributed by atoms with Crippen molar-refractivity contribution in [2.45, 2.75) is 37.5 Å². The summed E-state index contributed by atoms with van der Waals surface area (Å²) in [5.74, 6) is -8.60. The summed E-state index contributed by atoms with van der Waals surface area (Å²) in [5, 5.41) is 0. The van der Waals surface area contributed by atoms with Gasteiger partial charge in [0.05, 0.1) is 0 Å². The normalized spacial score (nSPS) is 13.8. The third-order valence-electron chi connectivity index (χ3n) is 1.73. The molecule has 104 valence electrons. The summed E-state index contributed by atoms with van der Waals surface area (Å²) >= 11 is 0. The van der Waals surface area contributed by atoms with Crippen LogP contribution < -0.4 is 0 Å². The Morgan fingerprint density at radius 3 is 1.71 bits per heavy atom. The van der Waals surface area contributed by atoms with E-state index in [4.69, 9.17) is 0 Å². The lowest BCUT2D eigenvalue weighted by Gasteiger charge is -2.17. The second-order valence-electron chi connectivity index (χ2n) is 3.28. The minimum Gasteiger partial charge on any atom is -0.375 e. The number of rotatable bonds is 8. The molecule has 0 aliphatic heterocycles. The van der Waals surface area contributed by atoms with E-state index < -0.39 is 50.8 Å². The number of ether oxygens (including phenoxy) is 1. The number of halogens is 8. The van der Waals surface area contributed by atoms with Gasteiger partial charge in [-0.15, -0.1) is 0 Å². The van der Waals surface area contributed by atoms with Crippen molar-refractivity contribution < 1.29 is 39.9 Å². The third kappa shape index (κ3) is 6.04. The molecule has 0 aromatic heterocycles. The molecule has 0 aromatic rings. The second-order valence-corrected chi connectivity index (χ2v) is 3.28. The molecule has 0 rings (SSSR count). The molecule has 0 saturated heterocycles. The summed E-state index contributed by atoms with van der Waals surface area (Å²) < 4.78 is 99.3. The maximum Gasteiger partial charge on any atom is 0.330 e. The summed E-state index contributed by atoms with van der Waals surface area (Å²) in [5.41, 5.74) is 0. The van der Waals surface area contributed by atoms with Gasteiger partial charge in [0.1, 0.15) is 6.61 Å². The van der Waals surface area contributed by atoms with Crippen molar-refractivity contribution in [2.24, 2.45) is 0 Å². The lowest BCUT2D eigenvalue weighted by Crippen LogP contribution is -2.32. The molecule has 0 aliphatic carbocycles. The van der Waals surface area contributed by atoms with Crippen LogP contribution in [0, 0.1) is 0 Å². The lowest BCUT2D eigenvalue weighted by molar-refractivity contribution is -0.169. The van der Waals surface area contributed by atoms with Crippen molar-refractivity contribution in [3.05, 3.63) is 0 Å². The predicted octanol–water partition coefficient (Wildman–Crippen LogP) is 3.58. The molecule has 0 heterocycles. The summed E-state index contributed by atoms with van der Waals surface area (Å²) in [6.45, 7) is -2.35. The van der Waals surface area contributed by atoms with Crippen molar-refractivity contribution in [3.8, 4) is 0 Å². The Kier molecular flexibility index (Phi) is 6.14. The highest BCUT2D eigenvalue weighted by Gasteiger charge is 2.42. The molecule has 0 aliphatic rings. The fourth-order valence-corrected chi connectivity index (χ4v) is 0.790. The molecule has 9 heteroatoms. The molecule has 0 spiro atoms. The smallest absolute Gasteiger partial charge is 0.330 e.